The van der Waals surface area contributed by atoms with Crippen molar-refractivity contribution in [3.8, 4) is 0 Å². The van der Waals surface area contributed by atoms with Crippen molar-refractivity contribution in [2.45, 2.75) is 39.8 Å². The van der Waals surface area contributed by atoms with Crippen LogP contribution in [0, 0.1) is 5.41 Å². The smallest absolute Gasteiger partial charge is 0.325 e. The number of hydrogen-bond acceptors (Lipinski definition) is 2. The fourth-order valence-electron chi connectivity index (χ4n) is 2.53. The molecule has 0 aromatic heterocycles. The maximum Gasteiger partial charge on any atom is 0.416 e. The van der Waals surface area contributed by atoms with Gasteiger partial charge >= 0.3 is 6.18 Å². The summed E-state index contributed by atoms with van der Waals surface area (Å²) in [5, 5.41) is 5.28. The topological polar surface area (TPSA) is 58.2 Å². The molecule has 0 saturated heterocycles. The Kier molecular flexibility index (Phi) is 6.17. The Morgan fingerprint density at radius 2 is 1.39 bits per heavy atom. The van der Waals surface area contributed by atoms with E-state index in [1.54, 1.807) is 12.1 Å². The first kappa shape index (κ1) is 21.5. The van der Waals surface area contributed by atoms with Gasteiger partial charge in [0.05, 0.1) is 5.56 Å². The molecular weight excluding hydrogens is 369 g/mol. The summed E-state index contributed by atoms with van der Waals surface area (Å²) >= 11 is 0. The summed E-state index contributed by atoms with van der Waals surface area (Å²) in [6, 6.07) is 11.4. The van der Waals surface area contributed by atoms with E-state index in [1.165, 1.54) is 13.8 Å². The first-order chi connectivity index (χ1) is 12.9. The average Bonchev–Trinajstić information content (AvgIpc) is 2.61. The van der Waals surface area contributed by atoms with Crippen LogP contribution < -0.4 is 10.6 Å². The number of carbonyl (C=O) groups is 2. The molecule has 28 heavy (non-hydrogen) atoms. The SMILES string of the molecule is CC(C)c1ccccc1NC(=O)C(C)(C)C(=O)Nc1ccc(C(F)(F)F)cc1. The predicted octanol–water partition coefficient (Wildman–Crippen LogP) is 5.43. The van der Waals surface area contributed by atoms with Crippen LogP contribution in [0.25, 0.3) is 0 Å². The van der Waals surface area contributed by atoms with Crippen molar-refractivity contribution in [2.75, 3.05) is 10.6 Å². The molecule has 2 amide bonds. The molecule has 0 heterocycles. The zero-order valence-corrected chi connectivity index (χ0v) is 16.1. The summed E-state index contributed by atoms with van der Waals surface area (Å²) in [6.07, 6.45) is -4.45. The lowest BCUT2D eigenvalue weighted by Crippen LogP contribution is -2.41. The Morgan fingerprint density at radius 3 is 1.93 bits per heavy atom. The number of para-hydroxylation sites is 1. The summed E-state index contributed by atoms with van der Waals surface area (Å²) < 4.78 is 37.9. The summed E-state index contributed by atoms with van der Waals surface area (Å²) in [6.45, 7) is 6.90. The Labute approximate surface area is 162 Å². The van der Waals surface area contributed by atoms with E-state index < -0.39 is 29.0 Å². The number of benzene rings is 2. The van der Waals surface area contributed by atoms with Gasteiger partial charge in [-0.15, -0.1) is 0 Å². The van der Waals surface area contributed by atoms with E-state index in [4.69, 9.17) is 0 Å². The molecule has 0 aliphatic heterocycles. The fourth-order valence-corrected chi connectivity index (χ4v) is 2.53. The van der Waals surface area contributed by atoms with Crippen molar-refractivity contribution in [2.24, 2.45) is 5.41 Å². The van der Waals surface area contributed by atoms with Crippen LogP contribution in [-0.4, -0.2) is 11.8 Å². The minimum Gasteiger partial charge on any atom is -0.325 e. The summed E-state index contributed by atoms with van der Waals surface area (Å²) in [5.74, 6) is -0.947. The third-order valence-corrected chi connectivity index (χ3v) is 4.44. The van der Waals surface area contributed by atoms with Crippen LogP contribution in [0.5, 0.6) is 0 Å². The van der Waals surface area contributed by atoms with Gasteiger partial charge in [-0.3, -0.25) is 9.59 Å². The molecule has 0 aliphatic carbocycles. The standard InChI is InChI=1S/C21H23F3N2O2/c1-13(2)16-7-5-6-8-17(16)26-19(28)20(3,4)18(27)25-15-11-9-14(10-12-15)21(22,23)24/h5-13H,1-4H3,(H,25,27)(H,26,28). The van der Waals surface area contributed by atoms with Crippen molar-refractivity contribution >= 4 is 23.2 Å². The van der Waals surface area contributed by atoms with Crippen LogP contribution in [0.4, 0.5) is 24.5 Å². The monoisotopic (exact) mass is 392 g/mol. The summed E-state index contributed by atoms with van der Waals surface area (Å²) in [5.41, 5.74) is -0.505. The lowest BCUT2D eigenvalue weighted by Gasteiger charge is -2.24. The number of nitrogens with one attached hydrogen (secondary N) is 2. The molecule has 2 aromatic rings. The zero-order chi connectivity index (χ0) is 21.1. The van der Waals surface area contributed by atoms with Gasteiger partial charge in [-0.05, 0) is 55.7 Å². The van der Waals surface area contributed by atoms with Crippen molar-refractivity contribution in [3.05, 3.63) is 59.7 Å². The fraction of sp³-hybridized carbons (Fsp3) is 0.333. The molecule has 0 aliphatic rings. The maximum absolute atomic E-state index is 12.7. The molecule has 150 valence electrons. The Balaban J connectivity index is 2.13. The van der Waals surface area contributed by atoms with Gasteiger partial charge in [0.1, 0.15) is 5.41 Å². The van der Waals surface area contributed by atoms with Crippen LogP contribution >= 0.6 is 0 Å². The summed E-state index contributed by atoms with van der Waals surface area (Å²) in [4.78, 5) is 25.3. The summed E-state index contributed by atoms with van der Waals surface area (Å²) in [7, 11) is 0. The van der Waals surface area contributed by atoms with E-state index in [0.29, 0.717) is 5.69 Å². The quantitative estimate of drug-likeness (QED) is 0.667. The number of rotatable bonds is 5. The second kappa shape index (κ2) is 8.04. The van der Waals surface area contributed by atoms with Crippen molar-refractivity contribution in [3.63, 3.8) is 0 Å². The third-order valence-electron chi connectivity index (χ3n) is 4.44. The van der Waals surface area contributed by atoms with E-state index in [1.807, 2.05) is 26.0 Å². The highest BCUT2D eigenvalue weighted by molar-refractivity contribution is 6.14. The lowest BCUT2D eigenvalue weighted by molar-refractivity contribution is -0.137. The van der Waals surface area contributed by atoms with Gasteiger partial charge in [0, 0.05) is 11.4 Å². The van der Waals surface area contributed by atoms with Crippen LogP contribution in [0.1, 0.15) is 44.7 Å². The van der Waals surface area contributed by atoms with Gasteiger partial charge in [0.25, 0.3) is 0 Å². The first-order valence-corrected chi connectivity index (χ1v) is 8.82. The number of hydrogen-bond donors (Lipinski definition) is 2. The number of halogens is 3. The molecule has 0 saturated carbocycles. The molecule has 2 rings (SSSR count). The highest BCUT2D eigenvalue weighted by Crippen LogP contribution is 2.30. The van der Waals surface area contributed by atoms with E-state index >= 15 is 0 Å². The Bertz CT molecular complexity index is 857. The predicted molar refractivity (Wildman–Crippen MR) is 103 cm³/mol. The number of alkyl halides is 3. The molecular formula is C21H23F3N2O2. The highest BCUT2D eigenvalue weighted by Gasteiger charge is 2.37. The van der Waals surface area contributed by atoms with Crippen LogP contribution in [-0.2, 0) is 15.8 Å². The lowest BCUT2D eigenvalue weighted by atomic mass is 9.90. The van der Waals surface area contributed by atoms with Crippen molar-refractivity contribution in [1.29, 1.82) is 0 Å². The van der Waals surface area contributed by atoms with Gasteiger partial charge in [-0.2, -0.15) is 13.2 Å². The molecule has 0 atom stereocenters. The van der Waals surface area contributed by atoms with Crippen LogP contribution in [0.2, 0.25) is 0 Å². The van der Waals surface area contributed by atoms with E-state index in [2.05, 4.69) is 10.6 Å². The second-order valence-corrected chi connectivity index (χ2v) is 7.35. The van der Waals surface area contributed by atoms with Gasteiger partial charge in [-0.1, -0.05) is 32.0 Å². The molecule has 0 radical (unpaired) electrons. The molecule has 0 bridgehead atoms. The van der Waals surface area contributed by atoms with Gasteiger partial charge in [0.15, 0.2) is 0 Å². The van der Waals surface area contributed by atoms with Crippen LogP contribution in [0.15, 0.2) is 48.5 Å². The maximum atomic E-state index is 12.7. The first-order valence-electron chi connectivity index (χ1n) is 8.82. The molecule has 2 aromatic carbocycles. The Hall–Kier alpha value is -2.83. The average molecular weight is 392 g/mol. The minimum atomic E-state index is -4.45. The van der Waals surface area contributed by atoms with Crippen LogP contribution in [0.3, 0.4) is 0 Å². The number of amides is 2. The van der Waals surface area contributed by atoms with Gasteiger partial charge in [0.2, 0.25) is 11.8 Å². The molecule has 0 unspecified atom stereocenters. The van der Waals surface area contributed by atoms with Crippen molar-refractivity contribution in [1.82, 2.24) is 0 Å². The largest absolute Gasteiger partial charge is 0.416 e. The normalized spacial score (nSPS) is 12.0. The zero-order valence-electron chi connectivity index (χ0n) is 16.1. The minimum absolute atomic E-state index is 0.181. The van der Waals surface area contributed by atoms with Gasteiger partial charge < -0.3 is 10.6 Å². The van der Waals surface area contributed by atoms with Gasteiger partial charge in [-0.25, -0.2) is 0 Å². The molecule has 2 N–H and O–H groups in total. The third kappa shape index (κ3) is 4.91. The molecule has 0 fully saturated rings. The van der Waals surface area contributed by atoms with Crippen molar-refractivity contribution < 1.29 is 22.8 Å². The molecule has 7 heteroatoms. The Morgan fingerprint density at radius 1 is 0.857 bits per heavy atom. The van der Waals surface area contributed by atoms with E-state index in [-0.39, 0.29) is 11.6 Å². The second-order valence-electron chi connectivity index (χ2n) is 7.35. The van der Waals surface area contributed by atoms with E-state index in [0.717, 1.165) is 29.8 Å². The highest BCUT2D eigenvalue weighted by atomic mass is 19.4. The number of carbonyl (C=O) groups excluding carboxylic acids is 2. The molecule has 0 spiro atoms. The number of anilines is 2. The molecule has 4 nitrogen and oxygen atoms in total. The van der Waals surface area contributed by atoms with E-state index in [9.17, 15) is 22.8 Å².